The molecule has 0 heterocycles. The summed E-state index contributed by atoms with van der Waals surface area (Å²) < 4.78 is 15.6. The van der Waals surface area contributed by atoms with Gasteiger partial charge in [-0.05, 0) is 17.9 Å². The number of carbonyl (C=O) groups excluding carboxylic acids is 1. The van der Waals surface area contributed by atoms with Crippen LogP contribution in [0.3, 0.4) is 0 Å². The van der Waals surface area contributed by atoms with Crippen LogP contribution >= 0.6 is 7.29 Å². The van der Waals surface area contributed by atoms with Crippen LogP contribution < -0.4 is 10.8 Å². The third-order valence-corrected chi connectivity index (χ3v) is 7.04. The maximum absolute atomic E-state index is 13.8. The second-order valence-corrected chi connectivity index (χ2v) is 9.71. The average Bonchev–Trinajstić information content (AvgIpc) is 2.65. The van der Waals surface area contributed by atoms with Crippen molar-refractivity contribution in [3.8, 4) is 0 Å². The molecule has 2 rings (SSSR count). The Morgan fingerprint density at radius 2 is 1.62 bits per heavy atom. The minimum absolute atomic E-state index is 0.200. The lowest BCUT2D eigenvalue weighted by Crippen LogP contribution is -2.46. The van der Waals surface area contributed by atoms with Gasteiger partial charge in [0.15, 0.2) is 7.29 Å². The van der Waals surface area contributed by atoms with Crippen molar-refractivity contribution in [2.45, 2.75) is 32.9 Å². The fourth-order valence-corrected chi connectivity index (χ4v) is 5.21. The van der Waals surface area contributed by atoms with Crippen LogP contribution in [0.5, 0.6) is 0 Å². The van der Waals surface area contributed by atoms with Crippen LogP contribution in [0.1, 0.15) is 25.8 Å². The average molecular weight is 374 g/mol. The van der Waals surface area contributed by atoms with Gasteiger partial charge in [0.05, 0.1) is 6.04 Å². The molecule has 2 aromatic rings. The Kier molecular flexibility index (Phi) is 7.15. The molecule has 140 valence electrons. The van der Waals surface area contributed by atoms with E-state index in [0.29, 0.717) is 18.3 Å². The molecule has 0 spiro atoms. The number of hydroxylamine groups is 1. The molecule has 6 heteroatoms. The normalized spacial score (nSPS) is 14.8. The Morgan fingerprint density at radius 3 is 2.12 bits per heavy atom. The van der Waals surface area contributed by atoms with Crippen LogP contribution in [-0.4, -0.2) is 28.5 Å². The van der Waals surface area contributed by atoms with Gasteiger partial charge in [0, 0.05) is 18.5 Å². The molecule has 2 N–H and O–H groups in total. The lowest BCUT2D eigenvalue weighted by atomic mass is 10.0. The Bertz CT molecular complexity index is 750. The van der Waals surface area contributed by atoms with Crippen LogP contribution in [-0.2, 0) is 15.9 Å². The first-order valence-corrected chi connectivity index (χ1v) is 10.8. The SMILES string of the molecule is CC(C)C[C@@H](C(=O)NO)N(Cc1ccccc1)P(C)(=O)c1ccccc1. The number of rotatable bonds is 8. The summed E-state index contributed by atoms with van der Waals surface area (Å²) in [5.41, 5.74) is 2.72. The van der Waals surface area contributed by atoms with Crippen molar-refractivity contribution >= 4 is 18.5 Å². The zero-order valence-electron chi connectivity index (χ0n) is 15.5. The molecular formula is C20H27N2O3P. The number of carbonyl (C=O) groups is 1. The topological polar surface area (TPSA) is 69.6 Å². The number of hydrogen-bond donors (Lipinski definition) is 2. The third kappa shape index (κ3) is 5.04. The van der Waals surface area contributed by atoms with E-state index in [2.05, 4.69) is 0 Å². The molecule has 0 saturated heterocycles. The fraction of sp³-hybridized carbons (Fsp3) is 0.350. The van der Waals surface area contributed by atoms with Gasteiger partial charge < -0.3 is 4.57 Å². The monoisotopic (exact) mass is 374 g/mol. The molecule has 26 heavy (non-hydrogen) atoms. The number of benzene rings is 2. The van der Waals surface area contributed by atoms with Crippen molar-refractivity contribution in [2.24, 2.45) is 5.92 Å². The van der Waals surface area contributed by atoms with Crippen molar-refractivity contribution in [3.63, 3.8) is 0 Å². The minimum atomic E-state index is -3.04. The van der Waals surface area contributed by atoms with E-state index in [1.54, 1.807) is 16.8 Å². The van der Waals surface area contributed by atoms with Crippen molar-refractivity contribution in [3.05, 3.63) is 66.2 Å². The van der Waals surface area contributed by atoms with Gasteiger partial charge in [0.25, 0.3) is 5.91 Å². The van der Waals surface area contributed by atoms with E-state index in [-0.39, 0.29) is 5.92 Å². The zero-order chi connectivity index (χ0) is 19.2. The lowest BCUT2D eigenvalue weighted by molar-refractivity contribution is -0.133. The summed E-state index contributed by atoms with van der Waals surface area (Å²) in [5, 5.41) is 9.94. The van der Waals surface area contributed by atoms with Gasteiger partial charge in [-0.25, -0.2) is 10.2 Å². The maximum Gasteiger partial charge on any atom is 0.261 e. The highest BCUT2D eigenvalue weighted by Gasteiger charge is 2.37. The molecule has 0 bridgehead atoms. The number of amides is 1. The Hall–Kier alpha value is -1.94. The van der Waals surface area contributed by atoms with Crippen LogP contribution in [0.2, 0.25) is 0 Å². The maximum atomic E-state index is 13.8. The second kappa shape index (κ2) is 9.13. The van der Waals surface area contributed by atoms with Gasteiger partial charge in [-0.1, -0.05) is 74.5 Å². The first-order valence-electron chi connectivity index (χ1n) is 8.74. The summed E-state index contributed by atoms with van der Waals surface area (Å²) in [5.74, 6) is -0.334. The smallest absolute Gasteiger partial charge is 0.261 e. The van der Waals surface area contributed by atoms with Crippen LogP contribution in [0.4, 0.5) is 0 Å². The Morgan fingerprint density at radius 1 is 1.08 bits per heavy atom. The van der Waals surface area contributed by atoms with E-state index in [1.165, 1.54) is 0 Å². The van der Waals surface area contributed by atoms with Crippen molar-refractivity contribution in [1.82, 2.24) is 10.2 Å². The number of hydrogen-bond acceptors (Lipinski definition) is 3. The molecule has 0 radical (unpaired) electrons. The Balaban J connectivity index is 2.49. The molecule has 1 amide bonds. The largest absolute Gasteiger partial charge is 0.302 e. The van der Waals surface area contributed by atoms with E-state index in [4.69, 9.17) is 0 Å². The van der Waals surface area contributed by atoms with Crippen LogP contribution in [0, 0.1) is 5.92 Å². The molecule has 1 unspecified atom stereocenters. The molecule has 2 aromatic carbocycles. The van der Waals surface area contributed by atoms with E-state index < -0.39 is 19.2 Å². The number of nitrogens with zero attached hydrogens (tertiary/aromatic N) is 1. The van der Waals surface area contributed by atoms with Crippen LogP contribution in [0.15, 0.2) is 60.7 Å². The Labute approximate surface area is 155 Å². The summed E-state index contributed by atoms with van der Waals surface area (Å²) in [6.07, 6.45) is 0.490. The van der Waals surface area contributed by atoms with E-state index in [9.17, 15) is 14.6 Å². The summed E-state index contributed by atoms with van der Waals surface area (Å²) in [6.45, 7) is 6.04. The van der Waals surface area contributed by atoms with Gasteiger partial charge in [-0.2, -0.15) is 0 Å². The van der Waals surface area contributed by atoms with Gasteiger partial charge in [-0.15, -0.1) is 0 Å². The standard InChI is InChI=1S/C20H27N2O3P/c1-16(2)14-19(20(23)21-24)22(15-17-10-6-4-7-11-17)26(3,25)18-12-8-5-9-13-18/h4-13,16,19,24H,14-15H2,1-3H3,(H,21,23)/t19-,26?/m0/s1. The summed E-state index contributed by atoms with van der Waals surface area (Å²) in [6, 6.07) is 18.1. The molecule has 0 saturated carbocycles. The molecule has 0 fully saturated rings. The van der Waals surface area contributed by atoms with Gasteiger partial charge >= 0.3 is 0 Å². The number of nitrogens with one attached hydrogen (secondary N) is 1. The molecular weight excluding hydrogens is 347 g/mol. The first kappa shape index (κ1) is 20.4. The van der Waals surface area contributed by atoms with Crippen molar-refractivity contribution < 1.29 is 14.6 Å². The van der Waals surface area contributed by atoms with Crippen molar-refractivity contribution in [2.75, 3.05) is 6.66 Å². The fourth-order valence-electron chi connectivity index (χ4n) is 3.02. The highest BCUT2D eigenvalue weighted by atomic mass is 31.2. The predicted molar refractivity (Wildman–Crippen MR) is 105 cm³/mol. The minimum Gasteiger partial charge on any atom is -0.302 e. The molecule has 5 nitrogen and oxygen atoms in total. The van der Waals surface area contributed by atoms with Crippen molar-refractivity contribution in [1.29, 1.82) is 0 Å². The molecule has 0 aliphatic rings. The molecule has 0 aliphatic heterocycles. The highest BCUT2D eigenvalue weighted by molar-refractivity contribution is 7.68. The lowest BCUT2D eigenvalue weighted by Gasteiger charge is -2.36. The van der Waals surface area contributed by atoms with Gasteiger partial charge in [0.2, 0.25) is 0 Å². The van der Waals surface area contributed by atoms with E-state index in [1.807, 2.05) is 74.5 Å². The second-order valence-electron chi connectivity index (χ2n) is 6.92. The van der Waals surface area contributed by atoms with Gasteiger partial charge in [0.1, 0.15) is 0 Å². The van der Waals surface area contributed by atoms with E-state index in [0.717, 1.165) is 5.56 Å². The first-order chi connectivity index (χ1) is 12.4. The molecule has 2 atom stereocenters. The zero-order valence-corrected chi connectivity index (χ0v) is 16.4. The highest BCUT2D eigenvalue weighted by Crippen LogP contribution is 2.48. The molecule has 0 aromatic heterocycles. The van der Waals surface area contributed by atoms with E-state index >= 15 is 0 Å². The predicted octanol–water partition coefficient (Wildman–Crippen LogP) is 3.64. The van der Waals surface area contributed by atoms with Crippen LogP contribution in [0.25, 0.3) is 0 Å². The van der Waals surface area contributed by atoms with Gasteiger partial charge in [-0.3, -0.25) is 10.0 Å². The summed E-state index contributed by atoms with van der Waals surface area (Å²) in [7, 11) is -3.04. The third-order valence-electron chi connectivity index (χ3n) is 4.38. The summed E-state index contributed by atoms with van der Waals surface area (Å²) >= 11 is 0. The summed E-state index contributed by atoms with van der Waals surface area (Å²) in [4.78, 5) is 12.4. The molecule has 0 aliphatic carbocycles. The quantitative estimate of drug-likeness (QED) is 0.420.